The predicted molar refractivity (Wildman–Crippen MR) is 84.6 cm³/mol. The second kappa shape index (κ2) is 6.27. The molecule has 3 nitrogen and oxygen atoms in total. The predicted octanol–water partition coefficient (Wildman–Crippen LogP) is 3.08. The van der Waals surface area contributed by atoms with Crippen molar-refractivity contribution in [3.8, 4) is 5.75 Å². The van der Waals surface area contributed by atoms with Crippen LogP contribution in [0.3, 0.4) is 0 Å². The molecule has 21 heavy (non-hydrogen) atoms. The Morgan fingerprint density at radius 2 is 2.14 bits per heavy atom. The number of hydrogen-bond donors (Lipinski definition) is 1. The Bertz CT molecular complexity index is 594. The van der Waals surface area contributed by atoms with Crippen molar-refractivity contribution in [3.05, 3.63) is 59.4 Å². The molecule has 0 fully saturated rings. The molecule has 1 aliphatic heterocycles. The van der Waals surface area contributed by atoms with Gasteiger partial charge in [-0.3, -0.25) is 4.98 Å². The molecule has 0 saturated heterocycles. The highest BCUT2D eigenvalue weighted by molar-refractivity contribution is 5.38. The summed E-state index contributed by atoms with van der Waals surface area (Å²) in [6.45, 7) is 2.89. The molecule has 2 unspecified atom stereocenters. The average molecular weight is 282 g/mol. The number of hydrogen-bond acceptors (Lipinski definition) is 3. The molecule has 1 aromatic carbocycles. The van der Waals surface area contributed by atoms with E-state index in [1.807, 2.05) is 18.3 Å². The molecule has 0 radical (unpaired) electrons. The molecule has 3 rings (SSSR count). The minimum absolute atomic E-state index is 0.0787. The van der Waals surface area contributed by atoms with Crippen LogP contribution in [0.25, 0.3) is 0 Å². The molecule has 3 heteroatoms. The summed E-state index contributed by atoms with van der Waals surface area (Å²) in [7, 11) is 0. The van der Waals surface area contributed by atoms with Gasteiger partial charge in [-0.1, -0.05) is 31.2 Å². The van der Waals surface area contributed by atoms with Crippen molar-refractivity contribution in [2.45, 2.75) is 38.1 Å². The molecule has 2 atom stereocenters. The van der Waals surface area contributed by atoms with Crippen LogP contribution in [0, 0.1) is 0 Å². The Morgan fingerprint density at radius 3 is 2.90 bits per heavy atom. The highest BCUT2D eigenvalue weighted by Crippen LogP contribution is 2.35. The summed E-state index contributed by atoms with van der Waals surface area (Å²) in [6.07, 6.45) is 4.76. The Hall–Kier alpha value is -1.87. The van der Waals surface area contributed by atoms with Gasteiger partial charge in [-0.05, 0) is 36.1 Å². The lowest BCUT2D eigenvalue weighted by Crippen LogP contribution is -2.34. The molecule has 110 valence electrons. The van der Waals surface area contributed by atoms with E-state index in [0.717, 1.165) is 37.3 Å². The second-order valence-corrected chi connectivity index (χ2v) is 5.66. The fraction of sp³-hybridized carbons (Fsp3) is 0.389. The van der Waals surface area contributed by atoms with Gasteiger partial charge in [0.05, 0.1) is 6.61 Å². The monoisotopic (exact) mass is 282 g/mol. The zero-order valence-corrected chi connectivity index (χ0v) is 12.5. The number of ether oxygens (including phenoxy) is 1. The molecular formula is C18H22N2O. The number of para-hydroxylation sites is 1. The second-order valence-electron chi connectivity index (χ2n) is 5.66. The third-order valence-corrected chi connectivity index (χ3v) is 4.26. The third kappa shape index (κ3) is 3.08. The molecule has 0 amide bonds. The Morgan fingerprint density at radius 1 is 1.29 bits per heavy atom. The molecular weight excluding hydrogens is 260 g/mol. The Labute approximate surface area is 126 Å². The van der Waals surface area contributed by atoms with Gasteiger partial charge in [0.1, 0.15) is 5.75 Å². The van der Waals surface area contributed by atoms with E-state index in [1.54, 1.807) is 0 Å². The minimum atomic E-state index is 0.0787. The number of aryl methyl sites for hydroxylation is 1. The summed E-state index contributed by atoms with van der Waals surface area (Å²) < 4.78 is 5.71. The van der Waals surface area contributed by atoms with Crippen LogP contribution in [0.1, 0.15) is 36.1 Å². The van der Waals surface area contributed by atoms with E-state index < -0.39 is 0 Å². The van der Waals surface area contributed by atoms with Crippen molar-refractivity contribution in [1.29, 1.82) is 0 Å². The third-order valence-electron chi connectivity index (χ3n) is 4.26. The van der Waals surface area contributed by atoms with Crippen LogP contribution < -0.4 is 10.5 Å². The maximum absolute atomic E-state index is 6.47. The van der Waals surface area contributed by atoms with E-state index in [2.05, 4.69) is 36.2 Å². The SMILES string of the molecule is CCc1ccc(CC(N)C2CCOc3ccccc32)nc1. The van der Waals surface area contributed by atoms with Crippen molar-refractivity contribution in [2.24, 2.45) is 5.73 Å². The number of nitrogens with two attached hydrogens (primary N) is 1. The first-order valence-corrected chi connectivity index (χ1v) is 7.69. The van der Waals surface area contributed by atoms with E-state index in [0.29, 0.717) is 5.92 Å². The largest absolute Gasteiger partial charge is 0.493 e. The number of rotatable bonds is 4. The summed E-state index contributed by atoms with van der Waals surface area (Å²) in [5, 5.41) is 0. The zero-order chi connectivity index (χ0) is 14.7. The summed E-state index contributed by atoms with van der Waals surface area (Å²) in [5.41, 5.74) is 10.0. The first kappa shape index (κ1) is 14.1. The molecule has 1 aromatic heterocycles. The quantitative estimate of drug-likeness (QED) is 0.937. The van der Waals surface area contributed by atoms with E-state index in [-0.39, 0.29) is 6.04 Å². The zero-order valence-electron chi connectivity index (χ0n) is 12.5. The van der Waals surface area contributed by atoms with Gasteiger partial charge >= 0.3 is 0 Å². The molecule has 2 heterocycles. The van der Waals surface area contributed by atoms with Gasteiger partial charge in [0.25, 0.3) is 0 Å². The topological polar surface area (TPSA) is 48.1 Å². The van der Waals surface area contributed by atoms with E-state index in [9.17, 15) is 0 Å². The van der Waals surface area contributed by atoms with Gasteiger partial charge in [0.2, 0.25) is 0 Å². The fourth-order valence-electron chi connectivity index (χ4n) is 2.98. The Balaban J connectivity index is 1.75. The first-order valence-electron chi connectivity index (χ1n) is 7.69. The van der Waals surface area contributed by atoms with Crippen molar-refractivity contribution in [1.82, 2.24) is 4.98 Å². The minimum Gasteiger partial charge on any atom is -0.493 e. The molecule has 2 N–H and O–H groups in total. The highest BCUT2D eigenvalue weighted by Gasteiger charge is 2.26. The van der Waals surface area contributed by atoms with Crippen LogP contribution in [-0.2, 0) is 12.8 Å². The molecule has 0 aliphatic carbocycles. The van der Waals surface area contributed by atoms with Gasteiger partial charge in [-0.2, -0.15) is 0 Å². The summed E-state index contributed by atoms with van der Waals surface area (Å²) in [4.78, 5) is 4.53. The normalized spacial score (nSPS) is 18.7. The van der Waals surface area contributed by atoms with Crippen LogP contribution >= 0.6 is 0 Å². The van der Waals surface area contributed by atoms with Crippen LogP contribution in [0.5, 0.6) is 5.75 Å². The smallest absolute Gasteiger partial charge is 0.122 e. The van der Waals surface area contributed by atoms with E-state index in [1.165, 1.54) is 11.1 Å². The van der Waals surface area contributed by atoms with E-state index >= 15 is 0 Å². The summed E-state index contributed by atoms with van der Waals surface area (Å²) in [5.74, 6) is 1.33. The summed E-state index contributed by atoms with van der Waals surface area (Å²) >= 11 is 0. The average Bonchev–Trinajstić information content (AvgIpc) is 2.55. The van der Waals surface area contributed by atoms with Crippen LogP contribution in [-0.4, -0.2) is 17.6 Å². The van der Waals surface area contributed by atoms with Crippen molar-refractivity contribution in [3.63, 3.8) is 0 Å². The molecule has 0 saturated carbocycles. The molecule has 0 spiro atoms. The maximum atomic E-state index is 6.47. The van der Waals surface area contributed by atoms with Gasteiger partial charge in [-0.15, -0.1) is 0 Å². The van der Waals surface area contributed by atoms with Crippen LogP contribution in [0.4, 0.5) is 0 Å². The van der Waals surface area contributed by atoms with Crippen LogP contribution in [0.2, 0.25) is 0 Å². The standard InChI is InChI=1S/C18H22N2O/c1-2-13-7-8-14(20-12-13)11-17(19)15-9-10-21-18-6-4-3-5-16(15)18/h3-8,12,15,17H,2,9-11,19H2,1H3. The lowest BCUT2D eigenvalue weighted by Gasteiger charge is -2.30. The maximum Gasteiger partial charge on any atom is 0.122 e. The molecule has 2 aromatic rings. The first-order chi connectivity index (χ1) is 10.3. The van der Waals surface area contributed by atoms with Crippen molar-refractivity contribution < 1.29 is 4.74 Å². The number of aromatic nitrogens is 1. The van der Waals surface area contributed by atoms with Crippen molar-refractivity contribution >= 4 is 0 Å². The van der Waals surface area contributed by atoms with Gasteiger partial charge in [0.15, 0.2) is 0 Å². The number of nitrogens with zero attached hydrogens (tertiary/aromatic N) is 1. The van der Waals surface area contributed by atoms with E-state index in [4.69, 9.17) is 10.5 Å². The van der Waals surface area contributed by atoms with Gasteiger partial charge in [0, 0.05) is 30.3 Å². The Kier molecular flexibility index (Phi) is 4.20. The lowest BCUT2D eigenvalue weighted by molar-refractivity contribution is 0.254. The van der Waals surface area contributed by atoms with Crippen molar-refractivity contribution in [2.75, 3.05) is 6.61 Å². The number of benzene rings is 1. The number of pyridine rings is 1. The lowest BCUT2D eigenvalue weighted by atomic mass is 9.85. The fourth-order valence-corrected chi connectivity index (χ4v) is 2.98. The molecule has 1 aliphatic rings. The van der Waals surface area contributed by atoms with Gasteiger partial charge in [-0.25, -0.2) is 0 Å². The molecule has 0 bridgehead atoms. The van der Waals surface area contributed by atoms with Gasteiger partial charge < -0.3 is 10.5 Å². The summed E-state index contributed by atoms with van der Waals surface area (Å²) in [6, 6.07) is 12.6. The highest BCUT2D eigenvalue weighted by atomic mass is 16.5. The number of fused-ring (bicyclic) bond motifs is 1. The van der Waals surface area contributed by atoms with Crippen LogP contribution in [0.15, 0.2) is 42.6 Å².